The molecule has 220 valence electrons. The summed E-state index contributed by atoms with van der Waals surface area (Å²) in [7, 11) is 0. The maximum Gasteiger partial charge on any atom is 0.337 e. The van der Waals surface area contributed by atoms with Crippen LogP contribution in [0.2, 0.25) is 0 Å². The van der Waals surface area contributed by atoms with Gasteiger partial charge in [-0.25, -0.2) is 19.2 Å². The highest BCUT2D eigenvalue weighted by Crippen LogP contribution is 2.42. The lowest BCUT2D eigenvalue weighted by Crippen LogP contribution is -2.39. The quantitative estimate of drug-likeness (QED) is 0.315. The fraction of sp³-hybridized carbons (Fsp3) is 0.500. The highest BCUT2D eigenvalue weighted by molar-refractivity contribution is 5.84. The van der Waals surface area contributed by atoms with Crippen LogP contribution in [-0.2, 0) is 16.0 Å². The lowest BCUT2D eigenvalue weighted by Gasteiger charge is -2.40. The molecular weight excluding hydrogens is 523 g/mol. The molecule has 1 aliphatic rings. The molecule has 1 atom stereocenters. The number of halogens is 1. The van der Waals surface area contributed by atoms with E-state index in [-0.39, 0.29) is 11.2 Å². The SMILES string of the molecule is Cc1nc(-c2cnc(C)c([C@H](OC(C)(C)C)C(=O)O)c2N2CCC(C)(C)CC2)ncc1OCCc1ccc(F)cc1. The first-order valence-electron chi connectivity index (χ1n) is 14.1. The van der Waals surface area contributed by atoms with E-state index in [9.17, 15) is 14.3 Å². The summed E-state index contributed by atoms with van der Waals surface area (Å²) >= 11 is 0. The molecule has 41 heavy (non-hydrogen) atoms. The van der Waals surface area contributed by atoms with Crippen LogP contribution in [0, 0.1) is 25.1 Å². The van der Waals surface area contributed by atoms with Crippen molar-refractivity contribution in [3.05, 3.63) is 65.0 Å². The average molecular weight is 565 g/mol. The zero-order valence-electron chi connectivity index (χ0n) is 25.1. The Morgan fingerprint density at radius 1 is 1.07 bits per heavy atom. The zero-order valence-corrected chi connectivity index (χ0v) is 25.1. The van der Waals surface area contributed by atoms with Gasteiger partial charge in [0.15, 0.2) is 17.7 Å². The first kappa shape index (κ1) is 30.4. The molecule has 4 rings (SSSR count). The van der Waals surface area contributed by atoms with Gasteiger partial charge in [-0.05, 0) is 70.6 Å². The number of pyridine rings is 1. The molecule has 9 heteroatoms. The molecule has 0 amide bonds. The maximum atomic E-state index is 13.2. The molecular formula is C32H41FN4O4. The molecule has 0 spiro atoms. The number of hydrogen-bond donors (Lipinski definition) is 1. The Kier molecular flexibility index (Phi) is 8.97. The van der Waals surface area contributed by atoms with Crippen molar-refractivity contribution in [3.8, 4) is 17.1 Å². The van der Waals surface area contributed by atoms with Gasteiger partial charge < -0.3 is 19.5 Å². The normalized spacial score (nSPS) is 16.0. The smallest absolute Gasteiger partial charge is 0.337 e. The van der Waals surface area contributed by atoms with Crippen molar-refractivity contribution in [2.75, 3.05) is 24.6 Å². The predicted molar refractivity (Wildman–Crippen MR) is 157 cm³/mol. The number of aliphatic carboxylic acids is 1. The third-order valence-corrected chi connectivity index (χ3v) is 7.42. The molecule has 0 unspecified atom stereocenters. The summed E-state index contributed by atoms with van der Waals surface area (Å²) in [5.74, 6) is -0.336. The van der Waals surface area contributed by atoms with Crippen LogP contribution in [0.5, 0.6) is 5.75 Å². The van der Waals surface area contributed by atoms with Crippen LogP contribution in [0.25, 0.3) is 11.4 Å². The number of anilines is 1. The van der Waals surface area contributed by atoms with Gasteiger partial charge in [-0.2, -0.15) is 0 Å². The standard InChI is InChI=1S/C32H41FN4O4/c1-20-25(40-17-12-22-8-10-23(33)11-9-22)19-35-29(36-20)24-18-34-21(2)26(28(30(38)39)41-31(3,4)5)27(24)37-15-13-32(6,7)14-16-37/h8-11,18-19,28H,12-17H2,1-7H3,(H,38,39)/t28-/m0/s1. The van der Waals surface area contributed by atoms with Crippen LogP contribution in [-0.4, -0.2) is 51.3 Å². The predicted octanol–water partition coefficient (Wildman–Crippen LogP) is 6.48. The van der Waals surface area contributed by atoms with Crippen molar-refractivity contribution in [2.45, 2.75) is 79.4 Å². The number of piperidine rings is 1. The van der Waals surface area contributed by atoms with E-state index >= 15 is 0 Å². The molecule has 1 aromatic carbocycles. The van der Waals surface area contributed by atoms with Crippen molar-refractivity contribution in [1.29, 1.82) is 0 Å². The summed E-state index contributed by atoms with van der Waals surface area (Å²) in [5, 5.41) is 10.3. The molecule has 1 aliphatic heterocycles. The number of carboxylic acid groups (broad SMARTS) is 1. The third-order valence-electron chi connectivity index (χ3n) is 7.42. The van der Waals surface area contributed by atoms with Gasteiger partial charge in [0.25, 0.3) is 0 Å². The van der Waals surface area contributed by atoms with Crippen LogP contribution < -0.4 is 9.64 Å². The molecule has 0 radical (unpaired) electrons. The molecule has 2 aromatic heterocycles. The van der Waals surface area contributed by atoms with E-state index in [1.54, 1.807) is 24.5 Å². The number of carboxylic acids is 1. The van der Waals surface area contributed by atoms with Gasteiger partial charge in [-0.15, -0.1) is 0 Å². The zero-order chi connectivity index (χ0) is 29.9. The van der Waals surface area contributed by atoms with Crippen molar-refractivity contribution in [3.63, 3.8) is 0 Å². The van der Waals surface area contributed by atoms with E-state index in [1.807, 2.05) is 34.6 Å². The number of nitrogens with zero attached hydrogens (tertiary/aromatic N) is 4. The van der Waals surface area contributed by atoms with Gasteiger partial charge in [-0.3, -0.25) is 4.98 Å². The summed E-state index contributed by atoms with van der Waals surface area (Å²) in [6, 6.07) is 6.35. The molecule has 1 saturated heterocycles. The van der Waals surface area contributed by atoms with Crippen LogP contribution in [0.3, 0.4) is 0 Å². The van der Waals surface area contributed by atoms with Gasteiger partial charge in [0.2, 0.25) is 0 Å². The van der Waals surface area contributed by atoms with Crippen LogP contribution in [0.4, 0.5) is 10.1 Å². The Morgan fingerprint density at radius 2 is 1.73 bits per heavy atom. The molecule has 0 saturated carbocycles. The van der Waals surface area contributed by atoms with Crippen molar-refractivity contribution in [1.82, 2.24) is 15.0 Å². The van der Waals surface area contributed by atoms with Crippen LogP contribution in [0.15, 0.2) is 36.7 Å². The second kappa shape index (κ2) is 12.1. The highest BCUT2D eigenvalue weighted by Gasteiger charge is 2.36. The Hall–Kier alpha value is -3.59. The number of hydrogen-bond acceptors (Lipinski definition) is 7. The lowest BCUT2D eigenvalue weighted by atomic mass is 9.82. The number of rotatable bonds is 9. The van der Waals surface area contributed by atoms with E-state index in [2.05, 4.69) is 28.7 Å². The molecule has 3 aromatic rings. The number of carbonyl (C=O) groups is 1. The first-order valence-corrected chi connectivity index (χ1v) is 14.1. The molecule has 0 bridgehead atoms. The van der Waals surface area contributed by atoms with E-state index in [1.165, 1.54) is 12.1 Å². The second-order valence-corrected chi connectivity index (χ2v) is 12.5. The molecule has 0 aliphatic carbocycles. The minimum absolute atomic E-state index is 0.201. The Morgan fingerprint density at radius 3 is 2.32 bits per heavy atom. The maximum absolute atomic E-state index is 13.2. The highest BCUT2D eigenvalue weighted by atomic mass is 19.1. The van der Waals surface area contributed by atoms with Gasteiger partial charge in [-0.1, -0.05) is 26.0 Å². The average Bonchev–Trinajstić information content (AvgIpc) is 2.89. The summed E-state index contributed by atoms with van der Waals surface area (Å²) in [6.07, 6.45) is 4.71. The summed E-state index contributed by atoms with van der Waals surface area (Å²) in [6.45, 7) is 15.7. The van der Waals surface area contributed by atoms with E-state index < -0.39 is 17.7 Å². The number of aryl methyl sites for hydroxylation is 2. The van der Waals surface area contributed by atoms with Gasteiger partial charge in [0.05, 0.1) is 35.3 Å². The summed E-state index contributed by atoms with van der Waals surface area (Å²) in [4.78, 5) is 28.9. The minimum atomic E-state index is -1.21. The van der Waals surface area contributed by atoms with Crippen molar-refractivity contribution in [2.24, 2.45) is 5.41 Å². The minimum Gasteiger partial charge on any atom is -0.490 e. The summed E-state index contributed by atoms with van der Waals surface area (Å²) in [5.41, 5.74) is 3.69. The number of benzene rings is 1. The molecule has 8 nitrogen and oxygen atoms in total. The molecule has 1 N–H and O–H groups in total. The van der Waals surface area contributed by atoms with E-state index in [4.69, 9.17) is 14.5 Å². The monoisotopic (exact) mass is 564 g/mol. The topological polar surface area (TPSA) is 97.7 Å². The van der Waals surface area contributed by atoms with Gasteiger partial charge in [0.1, 0.15) is 5.82 Å². The third kappa shape index (κ3) is 7.58. The Bertz CT molecular complexity index is 1380. The fourth-order valence-electron chi connectivity index (χ4n) is 5.01. The van der Waals surface area contributed by atoms with E-state index in [0.29, 0.717) is 47.1 Å². The Labute approximate surface area is 242 Å². The fourth-order valence-corrected chi connectivity index (χ4v) is 5.01. The van der Waals surface area contributed by atoms with Crippen molar-refractivity contribution < 1.29 is 23.8 Å². The molecule has 3 heterocycles. The number of ether oxygens (including phenoxy) is 2. The largest absolute Gasteiger partial charge is 0.490 e. The van der Waals surface area contributed by atoms with Gasteiger partial charge in [0, 0.05) is 37.0 Å². The molecule has 1 fully saturated rings. The van der Waals surface area contributed by atoms with Gasteiger partial charge >= 0.3 is 5.97 Å². The van der Waals surface area contributed by atoms with Crippen LogP contribution >= 0.6 is 0 Å². The lowest BCUT2D eigenvalue weighted by molar-refractivity contribution is -0.160. The van der Waals surface area contributed by atoms with E-state index in [0.717, 1.165) is 37.2 Å². The second-order valence-electron chi connectivity index (χ2n) is 12.5. The number of aromatic nitrogens is 3. The summed E-state index contributed by atoms with van der Waals surface area (Å²) < 4.78 is 25.3. The van der Waals surface area contributed by atoms with Crippen LogP contribution in [0.1, 0.15) is 76.1 Å². The van der Waals surface area contributed by atoms with Crippen molar-refractivity contribution >= 4 is 11.7 Å². The first-order chi connectivity index (χ1) is 19.2. The Balaban J connectivity index is 1.71.